The first-order valence-electron chi connectivity index (χ1n) is 3.32. The van der Waals surface area contributed by atoms with Gasteiger partial charge in [0.15, 0.2) is 0 Å². The van der Waals surface area contributed by atoms with Gasteiger partial charge >= 0.3 is 0 Å². The molecule has 11 heavy (non-hydrogen) atoms. The van der Waals surface area contributed by atoms with E-state index in [4.69, 9.17) is 5.73 Å². The Balaban J connectivity index is 3.10. The van der Waals surface area contributed by atoms with Gasteiger partial charge in [0.05, 0.1) is 0 Å². The highest BCUT2D eigenvalue weighted by atomic mass is 19.1. The van der Waals surface area contributed by atoms with Crippen LogP contribution in [0.3, 0.4) is 0 Å². The fraction of sp³-hybridized carbons (Fsp3) is 0.250. The Hall–Kier alpha value is -0.960. The van der Waals surface area contributed by atoms with Gasteiger partial charge in [-0.3, -0.25) is 0 Å². The smallest absolute Gasteiger partial charge is 0.133 e. The third-order valence-electron chi connectivity index (χ3n) is 1.52. The number of hydrogen-bond acceptors (Lipinski definition) is 1. The van der Waals surface area contributed by atoms with E-state index in [1.807, 2.05) is 0 Å². The van der Waals surface area contributed by atoms with Crippen molar-refractivity contribution in [1.82, 2.24) is 0 Å². The summed E-state index contributed by atoms with van der Waals surface area (Å²) in [6, 6.07) is 4.56. The molecule has 0 unspecified atom stereocenters. The number of nitrogens with two attached hydrogens (primary N) is 1. The van der Waals surface area contributed by atoms with Crippen molar-refractivity contribution in [3.8, 4) is 0 Å². The summed E-state index contributed by atoms with van der Waals surface area (Å²) in [4.78, 5) is 0. The third-order valence-corrected chi connectivity index (χ3v) is 1.52. The molecule has 0 aliphatic carbocycles. The van der Waals surface area contributed by atoms with Crippen molar-refractivity contribution in [3.63, 3.8) is 0 Å². The van der Waals surface area contributed by atoms with Crippen LogP contribution in [0.15, 0.2) is 18.2 Å². The maximum absolute atomic E-state index is 13.0. The van der Waals surface area contributed by atoms with E-state index in [1.165, 1.54) is 6.07 Å². The van der Waals surface area contributed by atoms with Crippen molar-refractivity contribution in [2.75, 3.05) is 0 Å². The number of halogens is 2. The van der Waals surface area contributed by atoms with Crippen LogP contribution >= 0.6 is 0 Å². The second-order valence-electron chi connectivity index (χ2n) is 2.23. The van der Waals surface area contributed by atoms with Crippen LogP contribution in [-0.2, 0) is 13.2 Å². The average molecular weight is 157 g/mol. The SMILES string of the molecule is NCc1cccc(CF)c1F. The lowest BCUT2D eigenvalue weighted by Gasteiger charge is -2.01. The molecule has 0 saturated heterocycles. The lowest BCUT2D eigenvalue weighted by Crippen LogP contribution is -2.01. The normalized spacial score (nSPS) is 10.1. The van der Waals surface area contributed by atoms with E-state index in [1.54, 1.807) is 12.1 Å². The fourth-order valence-corrected chi connectivity index (χ4v) is 0.894. The van der Waals surface area contributed by atoms with Crippen LogP contribution < -0.4 is 5.73 Å². The van der Waals surface area contributed by atoms with E-state index in [9.17, 15) is 8.78 Å². The van der Waals surface area contributed by atoms with E-state index in [0.717, 1.165) is 0 Å². The van der Waals surface area contributed by atoms with Gasteiger partial charge in [-0.1, -0.05) is 18.2 Å². The molecule has 1 rings (SSSR count). The molecule has 0 aliphatic heterocycles. The van der Waals surface area contributed by atoms with Crippen molar-refractivity contribution in [3.05, 3.63) is 35.1 Å². The minimum Gasteiger partial charge on any atom is -0.326 e. The molecule has 0 atom stereocenters. The molecular formula is C8H9F2N. The van der Waals surface area contributed by atoms with Gasteiger partial charge in [0.25, 0.3) is 0 Å². The number of rotatable bonds is 2. The van der Waals surface area contributed by atoms with Crippen molar-refractivity contribution >= 4 is 0 Å². The fourth-order valence-electron chi connectivity index (χ4n) is 0.894. The molecule has 1 aromatic carbocycles. The molecule has 0 aliphatic rings. The van der Waals surface area contributed by atoms with Gasteiger partial charge in [-0.25, -0.2) is 8.78 Å². The average Bonchev–Trinajstić information content (AvgIpc) is 2.05. The first-order valence-corrected chi connectivity index (χ1v) is 3.32. The molecule has 0 heterocycles. The number of alkyl halides is 1. The summed E-state index contributed by atoms with van der Waals surface area (Å²) >= 11 is 0. The maximum atomic E-state index is 13.0. The monoisotopic (exact) mass is 157 g/mol. The van der Waals surface area contributed by atoms with Crippen LogP contribution in [0.25, 0.3) is 0 Å². The Kier molecular flexibility index (Phi) is 2.54. The molecule has 0 aromatic heterocycles. The largest absolute Gasteiger partial charge is 0.326 e. The molecule has 0 fully saturated rings. The van der Waals surface area contributed by atoms with Crippen LogP contribution in [0.1, 0.15) is 11.1 Å². The summed E-state index contributed by atoms with van der Waals surface area (Å²) in [5.41, 5.74) is 5.65. The molecular weight excluding hydrogens is 148 g/mol. The molecule has 1 nitrogen and oxygen atoms in total. The Bertz CT molecular complexity index is 226. The predicted octanol–water partition coefficient (Wildman–Crippen LogP) is 1.75. The van der Waals surface area contributed by atoms with E-state index in [0.29, 0.717) is 5.56 Å². The zero-order chi connectivity index (χ0) is 8.27. The predicted molar refractivity (Wildman–Crippen MR) is 39.1 cm³/mol. The van der Waals surface area contributed by atoms with Crippen LogP contribution in [0, 0.1) is 5.82 Å². The van der Waals surface area contributed by atoms with E-state index in [-0.39, 0.29) is 12.1 Å². The maximum Gasteiger partial charge on any atom is 0.133 e. The zero-order valence-corrected chi connectivity index (χ0v) is 5.98. The van der Waals surface area contributed by atoms with Gasteiger partial charge in [-0.05, 0) is 0 Å². The van der Waals surface area contributed by atoms with E-state index >= 15 is 0 Å². The van der Waals surface area contributed by atoms with Gasteiger partial charge in [-0.2, -0.15) is 0 Å². The van der Waals surface area contributed by atoms with Crippen LogP contribution in [0.5, 0.6) is 0 Å². The number of benzene rings is 1. The van der Waals surface area contributed by atoms with Crippen molar-refractivity contribution < 1.29 is 8.78 Å². The lowest BCUT2D eigenvalue weighted by atomic mass is 10.1. The minimum absolute atomic E-state index is 0.0768. The Labute approximate surface area is 63.8 Å². The molecule has 1 aromatic rings. The molecule has 60 valence electrons. The summed E-state index contributed by atoms with van der Waals surface area (Å²) < 4.78 is 25.0. The highest BCUT2D eigenvalue weighted by molar-refractivity contribution is 5.25. The summed E-state index contributed by atoms with van der Waals surface area (Å²) in [5, 5.41) is 0. The van der Waals surface area contributed by atoms with E-state index < -0.39 is 12.5 Å². The van der Waals surface area contributed by atoms with Crippen LogP contribution in [0.4, 0.5) is 8.78 Å². The topological polar surface area (TPSA) is 26.0 Å². The van der Waals surface area contributed by atoms with Gasteiger partial charge in [0.1, 0.15) is 12.5 Å². The third kappa shape index (κ3) is 1.54. The van der Waals surface area contributed by atoms with Crippen molar-refractivity contribution in [1.29, 1.82) is 0 Å². The van der Waals surface area contributed by atoms with Gasteiger partial charge in [-0.15, -0.1) is 0 Å². The second-order valence-corrected chi connectivity index (χ2v) is 2.23. The standard InChI is InChI=1S/C8H9F2N/c9-4-6-2-1-3-7(5-11)8(6)10/h1-3H,4-5,11H2. The number of hydrogen-bond donors (Lipinski definition) is 1. The lowest BCUT2D eigenvalue weighted by molar-refractivity contribution is 0.461. The first-order chi connectivity index (χ1) is 5.29. The Morgan fingerprint density at radius 1 is 1.27 bits per heavy atom. The van der Waals surface area contributed by atoms with Crippen LogP contribution in [-0.4, -0.2) is 0 Å². The summed E-state index contributed by atoms with van der Waals surface area (Å²) in [5.74, 6) is -0.516. The zero-order valence-electron chi connectivity index (χ0n) is 5.98. The van der Waals surface area contributed by atoms with E-state index in [2.05, 4.69) is 0 Å². The van der Waals surface area contributed by atoms with Crippen molar-refractivity contribution in [2.24, 2.45) is 5.73 Å². The highest BCUT2D eigenvalue weighted by Crippen LogP contribution is 2.12. The van der Waals surface area contributed by atoms with Gasteiger partial charge in [0.2, 0.25) is 0 Å². The van der Waals surface area contributed by atoms with Crippen molar-refractivity contribution in [2.45, 2.75) is 13.2 Å². The summed E-state index contributed by atoms with van der Waals surface area (Å²) in [7, 11) is 0. The minimum atomic E-state index is -0.778. The molecule has 3 heteroatoms. The van der Waals surface area contributed by atoms with Gasteiger partial charge < -0.3 is 5.73 Å². The molecule has 0 amide bonds. The van der Waals surface area contributed by atoms with Gasteiger partial charge in [0, 0.05) is 17.7 Å². The molecule has 0 saturated carbocycles. The second kappa shape index (κ2) is 3.44. The Morgan fingerprint density at radius 2 is 1.91 bits per heavy atom. The summed E-state index contributed by atoms with van der Waals surface area (Å²) in [6.07, 6.45) is 0. The quantitative estimate of drug-likeness (QED) is 0.695. The molecule has 0 radical (unpaired) electrons. The Morgan fingerprint density at radius 3 is 2.45 bits per heavy atom. The van der Waals surface area contributed by atoms with Crippen LogP contribution in [0.2, 0.25) is 0 Å². The molecule has 0 spiro atoms. The first kappa shape index (κ1) is 8.14. The molecule has 0 bridgehead atoms. The highest BCUT2D eigenvalue weighted by Gasteiger charge is 2.04. The summed E-state index contributed by atoms with van der Waals surface area (Å²) in [6.45, 7) is -0.667. The molecule has 2 N–H and O–H groups in total.